The summed E-state index contributed by atoms with van der Waals surface area (Å²) in [7, 11) is 1.93. The molecule has 0 bridgehead atoms. The van der Waals surface area contributed by atoms with Gasteiger partial charge in [-0.25, -0.2) is 4.39 Å². The summed E-state index contributed by atoms with van der Waals surface area (Å²) in [6.45, 7) is -1.42. The fourth-order valence-corrected chi connectivity index (χ4v) is 2.27. The molecule has 0 aromatic carbocycles. The Kier molecular flexibility index (Phi) is 9.84. The van der Waals surface area contributed by atoms with E-state index in [1.807, 2.05) is 0 Å². The van der Waals surface area contributed by atoms with Crippen molar-refractivity contribution in [3.63, 3.8) is 0 Å². The van der Waals surface area contributed by atoms with Crippen LogP contribution in [0.3, 0.4) is 0 Å². The number of rotatable bonds is 13. The Bertz CT molecular complexity index is 302. The molecule has 0 N–H and O–H groups in total. The minimum atomic E-state index is -3.66. The number of unbranched alkanes of at least 4 members (excludes halogenated alkanes) is 4. The van der Waals surface area contributed by atoms with E-state index in [2.05, 4.69) is 26.8 Å². The van der Waals surface area contributed by atoms with Crippen molar-refractivity contribution >= 4 is 12.6 Å². The number of hydrogen-bond donors (Lipinski definition) is 1. The maximum absolute atomic E-state index is 13.4. The predicted octanol–water partition coefficient (Wildman–Crippen LogP) is 4.77. The number of methoxy groups -OCH3 is 2. The fraction of sp³-hybridized carbons (Fsp3) is 1.00. The second-order valence-electron chi connectivity index (χ2n) is 4.86. The second-order valence-corrected chi connectivity index (χ2v) is 5.42. The Labute approximate surface area is 132 Å². The molecule has 9 heteroatoms. The fourth-order valence-electron chi connectivity index (χ4n) is 2.00. The van der Waals surface area contributed by atoms with Gasteiger partial charge in [0.1, 0.15) is 0 Å². The minimum Gasteiger partial charge on any atom is -0.347 e. The molecule has 0 aliphatic heterocycles. The van der Waals surface area contributed by atoms with E-state index < -0.39 is 24.0 Å². The van der Waals surface area contributed by atoms with Crippen molar-refractivity contribution in [2.24, 2.45) is 0 Å². The van der Waals surface area contributed by atoms with Crippen LogP contribution in [0.15, 0.2) is 0 Å². The van der Waals surface area contributed by atoms with E-state index in [1.165, 1.54) is 0 Å². The van der Waals surface area contributed by atoms with Crippen LogP contribution >= 0.6 is 12.6 Å². The van der Waals surface area contributed by atoms with Crippen molar-refractivity contribution in [1.82, 2.24) is 0 Å². The molecule has 0 fully saturated rings. The van der Waals surface area contributed by atoms with Crippen molar-refractivity contribution < 1.29 is 36.2 Å². The number of alkyl halides is 5. The molecule has 0 radical (unpaired) electrons. The van der Waals surface area contributed by atoms with Gasteiger partial charge >= 0.3 is 11.4 Å². The van der Waals surface area contributed by atoms with Gasteiger partial charge in [-0.3, -0.25) is 0 Å². The maximum atomic E-state index is 13.4. The normalized spacial score (nSPS) is 15.8. The van der Waals surface area contributed by atoms with E-state index in [4.69, 9.17) is 0 Å². The second kappa shape index (κ2) is 9.89. The molecular weight excluding hydrogens is 331 g/mol. The summed E-state index contributed by atoms with van der Waals surface area (Å²) in [5.41, 5.74) is 0. The maximum Gasteiger partial charge on any atom is 0.355 e. The highest BCUT2D eigenvalue weighted by atomic mass is 32.1. The van der Waals surface area contributed by atoms with Crippen LogP contribution in [0.25, 0.3) is 0 Å². The van der Waals surface area contributed by atoms with Gasteiger partial charge in [0.05, 0.1) is 0 Å². The molecule has 1 unspecified atom stereocenters. The number of thiol groups is 1. The lowest BCUT2D eigenvalue weighted by molar-refractivity contribution is -0.310. The summed E-state index contributed by atoms with van der Waals surface area (Å²) in [6, 6.07) is 0. The zero-order chi connectivity index (χ0) is 17.3. The van der Waals surface area contributed by atoms with E-state index in [9.17, 15) is 22.0 Å². The van der Waals surface area contributed by atoms with Gasteiger partial charge in [0.2, 0.25) is 5.79 Å². The van der Waals surface area contributed by atoms with Crippen LogP contribution in [0.4, 0.5) is 22.0 Å². The van der Waals surface area contributed by atoms with Gasteiger partial charge < -0.3 is 14.2 Å². The molecule has 0 aliphatic rings. The highest BCUT2D eigenvalue weighted by molar-refractivity contribution is 7.81. The van der Waals surface area contributed by atoms with Gasteiger partial charge in [-0.1, -0.05) is 31.9 Å². The van der Waals surface area contributed by atoms with Gasteiger partial charge in [0.15, 0.2) is 6.86 Å². The summed E-state index contributed by atoms with van der Waals surface area (Å²) in [5, 5.41) is -3.66. The summed E-state index contributed by atoms with van der Waals surface area (Å²) in [5.74, 6) is -2.42. The average Bonchev–Trinajstić information content (AvgIpc) is 2.43. The third kappa shape index (κ3) is 7.43. The lowest BCUT2D eigenvalue weighted by Crippen LogP contribution is -2.48. The summed E-state index contributed by atoms with van der Waals surface area (Å²) in [6.07, 6.45) is -1.64. The van der Waals surface area contributed by atoms with Crippen molar-refractivity contribution in [1.29, 1.82) is 0 Å². The van der Waals surface area contributed by atoms with E-state index in [0.29, 0.717) is 19.3 Å². The number of halogens is 5. The van der Waals surface area contributed by atoms with Gasteiger partial charge in [-0.15, -0.1) is 0 Å². The van der Waals surface area contributed by atoms with Crippen LogP contribution in [0.1, 0.15) is 44.9 Å². The average molecular weight is 354 g/mol. The van der Waals surface area contributed by atoms with Crippen LogP contribution in [0.2, 0.25) is 0 Å². The van der Waals surface area contributed by atoms with Crippen LogP contribution in [-0.4, -0.2) is 38.2 Å². The van der Waals surface area contributed by atoms with Crippen molar-refractivity contribution in [2.75, 3.05) is 21.1 Å². The zero-order valence-corrected chi connectivity index (χ0v) is 13.6. The molecule has 0 aromatic heterocycles. The minimum absolute atomic E-state index is 0.252. The largest absolute Gasteiger partial charge is 0.355 e. The monoisotopic (exact) mass is 354 g/mol. The molecule has 0 heterocycles. The first kappa shape index (κ1) is 21.9. The topological polar surface area (TPSA) is 27.7 Å². The Morgan fingerprint density at radius 2 is 1.32 bits per heavy atom. The van der Waals surface area contributed by atoms with Crippen LogP contribution in [-0.2, 0) is 14.2 Å². The van der Waals surface area contributed by atoms with E-state index >= 15 is 0 Å². The van der Waals surface area contributed by atoms with E-state index in [1.54, 1.807) is 0 Å². The standard InChI is InChI=1S/C13H23F5O3S/c1-19-11(21-10-14,13(17,18)22)8-6-4-3-5-7-9-12(15,16)20-2/h22H,3-10H2,1-2H3. The molecular formula is C13H23F5O3S. The van der Waals surface area contributed by atoms with Crippen molar-refractivity contribution in [2.45, 2.75) is 62.1 Å². The summed E-state index contributed by atoms with van der Waals surface area (Å²) < 4.78 is 77.6. The van der Waals surface area contributed by atoms with Crippen molar-refractivity contribution in [3.8, 4) is 0 Å². The number of hydrogen-bond acceptors (Lipinski definition) is 4. The predicted molar refractivity (Wildman–Crippen MR) is 75.0 cm³/mol. The first-order valence-corrected chi connectivity index (χ1v) is 7.37. The van der Waals surface area contributed by atoms with Crippen LogP contribution in [0.5, 0.6) is 0 Å². The molecule has 0 aromatic rings. The molecule has 22 heavy (non-hydrogen) atoms. The van der Waals surface area contributed by atoms with E-state index in [-0.39, 0.29) is 25.7 Å². The van der Waals surface area contributed by atoms with Gasteiger partial charge in [0, 0.05) is 27.1 Å². The smallest absolute Gasteiger partial charge is 0.347 e. The highest BCUT2D eigenvalue weighted by Gasteiger charge is 2.53. The lowest BCUT2D eigenvalue weighted by Gasteiger charge is -2.35. The van der Waals surface area contributed by atoms with Crippen LogP contribution < -0.4 is 0 Å². The molecule has 0 saturated heterocycles. The molecule has 134 valence electrons. The van der Waals surface area contributed by atoms with Crippen molar-refractivity contribution in [3.05, 3.63) is 0 Å². The molecule has 0 rings (SSSR count). The molecule has 0 aliphatic carbocycles. The quantitative estimate of drug-likeness (QED) is 0.224. The molecule has 0 spiro atoms. The van der Waals surface area contributed by atoms with Crippen LogP contribution in [0, 0.1) is 0 Å². The Hall–Kier alpha value is -0.120. The van der Waals surface area contributed by atoms with E-state index in [0.717, 1.165) is 14.2 Å². The van der Waals surface area contributed by atoms with Gasteiger partial charge in [-0.05, 0) is 12.8 Å². The molecule has 0 saturated carbocycles. The first-order valence-electron chi connectivity index (χ1n) is 6.92. The third-order valence-electron chi connectivity index (χ3n) is 3.35. The first-order chi connectivity index (χ1) is 10.1. The third-order valence-corrected chi connectivity index (χ3v) is 3.69. The Balaban J connectivity index is 4.06. The number of ether oxygens (including phenoxy) is 3. The molecule has 0 amide bonds. The van der Waals surface area contributed by atoms with Gasteiger partial charge in [-0.2, -0.15) is 17.6 Å². The zero-order valence-electron chi connectivity index (χ0n) is 12.7. The highest BCUT2D eigenvalue weighted by Crippen LogP contribution is 2.40. The van der Waals surface area contributed by atoms with Gasteiger partial charge in [0.25, 0.3) is 0 Å². The Morgan fingerprint density at radius 1 is 0.818 bits per heavy atom. The summed E-state index contributed by atoms with van der Waals surface area (Å²) >= 11 is 3.10. The lowest BCUT2D eigenvalue weighted by atomic mass is 10.0. The molecule has 3 nitrogen and oxygen atoms in total. The summed E-state index contributed by atoms with van der Waals surface area (Å²) in [4.78, 5) is 0. The Morgan fingerprint density at radius 3 is 1.73 bits per heavy atom. The molecule has 1 atom stereocenters. The SMILES string of the molecule is COC(F)(F)CCCCCCCC(OC)(OCF)C(F)(F)S.